The lowest BCUT2D eigenvalue weighted by atomic mass is 10.2. The number of imidazole rings is 1. The van der Waals surface area contributed by atoms with Crippen LogP contribution in [0, 0.1) is 0 Å². The quantitative estimate of drug-likeness (QED) is 0.591. The van der Waals surface area contributed by atoms with Gasteiger partial charge in [0.15, 0.2) is 0 Å². The summed E-state index contributed by atoms with van der Waals surface area (Å²) in [6.07, 6.45) is 1.85. The molecule has 0 aliphatic heterocycles. The Morgan fingerprint density at radius 1 is 1.13 bits per heavy atom. The van der Waals surface area contributed by atoms with Crippen molar-refractivity contribution < 1.29 is 0 Å². The van der Waals surface area contributed by atoms with Crippen molar-refractivity contribution >= 4 is 45.1 Å². The van der Waals surface area contributed by atoms with E-state index in [1.807, 2.05) is 48.1 Å². The molecule has 6 heteroatoms. The molecule has 3 aromatic rings. The Labute approximate surface area is 153 Å². The molecular weight excluding hydrogens is 397 g/mol. The third-order valence-corrected chi connectivity index (χ3v) is 4.80. The van der Waals surface area contributed by atoms with E-state index < -0.39 is 0 Å². The van der Waals surface area contributed by atoms with E-state index in [2.05, 4.69) is 38.4 Å². The predicted octanol–water partition coefficient (Wildman–Crippen LogP) is 5.77. The van der Waals surface area contributed by atoms with E-state index in [1.165, 1.54) is 0 Å². The van der Waals surface area contributed by atoms with Gasteiger partial charge in [0.25, 0.3) is 0 Å². The second kappa shape index (κ2) is 6.95. The third kappa shape index (κ3) is 3.55. The number of anilines is 1. The molecule has 0 aliphatic carbocycles. The molecule has 3 rings (SSSR count). The minimum atomic E-state index is 0.515. The average molecular weight is 411 g/mol. The van der Waals surface area contributed by atoms with Gasteiger partial charge in [0, 0.05) is 39.2 Å². The van der Waals surface area contributed by atoms with Gasteiger partial charge in [-0.25, -0.2) is 4.98 Å². The summed E-state index contributed by atoms with van der Waals surface area (Å²) in [5.41, 5.74) is 2.99. The van der Waals surface area contributed by atoms with Gasteiger partial charge in [-0.15, -0.1) is 0 Å². The predicted molar refractivity (Wildman–Crippen MR) is 100 cm³/mol. The number of aromatic nitrogens is 2. The van der Waals surface area contributed by atoms with Crippen molar-refractivity contribution in [2.24, 2.45) is 7.05 Å². The van der Waals surface area contributed by atoms with Crippen LogP contribution in [-0.4, -0.2) is 9.55 Å². The second-order valence-electron chi connectivity index (χ2n) is 5.09. The number of hydrogen-bond donors (Lipinski definition) is 1. The van der Waals surface area contributed by atoms with Gasteiger partial charge >= 0.3 is 0 Å². The Morgan fingerprint density at radius 2 is 1.83 bits per heavy atom. The second-order valence-corrected chi connectivity index (χ2v) is 6.82. The first-order chi connectivity index (χ1) is 11.1. The van der Waals surface area contributed by atoms with Gasteiger partial charge in [-0.05, 0) is 24.3 Å². The third-order valence-electron chi connectivity index (χ3n) is 3.59. The fraction of sp³-hybridized carbons (Fsp3) is 0.118. The Morgan fingerprint density at radius 3 is 2.52 bits per heavy atom. The molecule has 0 spiro atoms. The molecule has 23 heavy (non-hydrogen) atoms. The summed E-state index contributed by atoms with van der Waals surface area (Å²) < 4.78 is 3.04. The summed E-state index contributed by atoms with van der Waals surface area (Å²) in [6, 6.07) is 13.6. The summed E-state index contributed by atoms with van der Waals surface area (Å²) in [4.78, 5) is 4.45. The van der Waals surface area contributed by atoms with Gasteiger partial charge in [-0.1, -0.05) is 57.3 Å². The lowest BCUT2D eigenvalue weighted by Crippen LogP contribution is -2.06. The van der Waals surface area contributed by atoms with Crippen LogP contribution >= 0.6 is 39.1 Å². The lowest BCUT2D eigenvalue weighted by Gasteiger charge is -2.11. The number of hydrogen-bond acceptors (Lipinski definition) is 2. The minimum absolute atomic E-state index is 0.515. The van der Waals surface area contributed by atoms with Crippen LogP contribution in [0.25, 0.3) is 11.3 Å². The zero-order valence-electron chi connectivity index (χ0n) is 12.4. The normalized spacial score (nSPS) is 10.8. The molecule has 1 aromatic heterocycles. The van der Waals surface area contributed by atoms with Crippen LogP contribution < -0.4 is 5.32 Å². The molecule has 3 nitrogen and oxygen atoms in total. The molecule has 1 heterocycles. The van der Waals surface area contributed by atoms with Crippen molar-refractivity contribution in [1.82, 2.24) is 9.55 Å². The van der Waals surface area contributed by atoms with Gasteiger partial charge in [0.1, 0.15) is 0 Å². The smallest absolute Gasteiger partial charge is 0.203 e. The molecule has 0 saturated heterocycles. The highest BCUT2D eigenvalue weighted by molar-refractivity contribution is 9.10. The van der Waals surface area contributed by atoms with Crippen molar-refractivity contribution in [3.8, 4) is 11.3 Å². The van der Waals surface area contributed by atoms with Gasteiger partial charge in [0.2, 0.25) is 5.95 Å². The van der Waals surface area contributed by atoms with Crippen LogP contribution in [0.15, 0.2) is 53.1 Å². The van der Waals surface area contributed by atoms with E-state index in [1.54, 1.807) is 0 Å². The molecular formula is C17H14BrCl2N3. The maximum absolute atomic E-state index is 6.20. The van der Waals surface area contributed by atoms with Crippen molar-refractivity contribution in [2.45, 2.75) is 6.54 Å². The van der Waals surface area contributed by atoms with E-state index in [-0.39, 0.29) is 0 Å². The van der Waals surface area contributed by atoms with Crippen LogP contribution in [0.4, 0.5) is 5.95 Å². The molecule has 0 saturated carbocycles. The first kappa shape index (κ1) is 16.4. The monoisotopic (exact) mass is 409 g/mol. The van der Waals surface area contributed by atoms with E-state index >= 15 is 0 Å². The molecule has 0 radical (unpaired) electrons. The minimum Gasteiger partial charge on any atom is -0.351 e. The van der Waals surface area contributed by atoms with Gasteiger partial charge < -0.3 is 9.88 Å². The molecule has 2 aromatic carbocycles. The first-order valence-electron chi connectivity index (χ1n) is 7.00. The maximum Gasteiger partial charge on any atom is 0.203 e. The highest BCUT2D eigenvalue weighted by Gasteiger charge is 2.10. The van der Waals surface area contributed by atoms with E-state index in [0.717, 1.165) is 27.2 Å². The van der Waals surface area contributed by atoms with E-state index in [0.29, 0.717) is 16.6 Å². The fourth-order valence-corrected chi connectivity index (χ4v) is 3.29. The maximum atomic E-state index is 6.20. The summed E-state index contributed by atoms with van der Waals surface area (Å²) in [5, 5.41) is 4.58. The summed E-state index contributed by atoms with van der Waals surface area (Å²) >= 11 is 15.9. The van der Waals surface area contributed by atoms with Crippen LogP contribution in [0.1, 0.15) is 5.56 Å². The fourth-order valence-electron chi connectivity index (χ4n) is 2.36. The van der Waals surface area contributed by atoms with Gasteiger partial charge in [0.05, 0.1) is 11.9 Å². The number of rotatable bonds is 4. The number of benzene rings is 2. The van der Waals surface area contributed by atoms with E-state index in [4.69, 9.17) is 23.2 Å². The van der Waals surface area contributed by atoms with Crippen LogP contribution in [-0.2, 0) is 13.6 Å². The van der Waals surface area contributed by atoms with Gasteiger partial charge in [-0.3, -0.25) is 0 Å². The highest BCUT2D eigenvalue weighted by atomic mass is 79.9. The molecule has 118 valence electrons. The summed E-state index contributed by atoms with van der Waals surface area (Å²) in [7, 11) is 1.97. The molecule has 0 unspecified atom stereocenters. The highest BCUT2D eigenvalue weighted by Crippen LogP contribution is 2.27. The molecule has 1 N–H and O–H groups in total. The Hall–Kier alpha value is -1.49. The lowest BCUT2D eigenvalue weighted by molar-refractivity contribution is 0.907. The van der Waals surface area contributed by atoms with Crippen LogP contribution in [0.5, 0.6) is 0 Å². The molecule has 0 aliphatic rings. The zero-order chi connectivity index (χ0) is 16.4. The standard InChI is InChI=1S/C17H14BrCl2N3/c1-23-16(11-4-2-5-12(18)8-11)10-22-17(23)21-9-13-14(19)6-3-7-15(13)20/h2-8,10H,9H2,1H3,(H,21,22). The van der Waals surface area contributed by atoms with Gasteiger partial charge in [-0.2, -0.15) is 0 Å². The first-order valence-corrected chi connectivity index (χ1v) is 8.55. The largest absolute Gasteiger partial charge is 0.351 e. The van der Waals surface area contributed by atoms with Crippen molar-refractivity contribution in [3.63, 3.8) is 0 Å². The molecule has 0 fully saturated rings. The average Bonchev–Trinajstić information content (AvgIpc) is 2.88. The van der Waals surface area contributed by atoms with E-state index in [9.17, 15) is 0 Å². The summed E-state index contributed by atoms with van der Waals surface area (Å²) in [6.45, 7) is 0.515. The molecule has 0 bridgehead atoms. The van der Waals surface area contributed by atoms with Crippen LogP contribution in [0.2, 0.25) is 10.0 Å². The Kier molecular flexibility index (Phi) is 4.95. The van der Waals surface area contributed by atoms with Crippen molar-refractivity contribution in [3.05, 3.63) is 68.7 Å². The Balaban J connectivity index is 1.83. The molecule has 0 atom stereocenters. The number of halogens is 3. The van der Waals surface area contributed by atoms with Crippen molar-refractivity contribution in [1.29, 1.82) is 0 Å². The summed E-state index contributed by atoms with van der Waals surface area (Å²) in [5.74, 6) is 0.760. The zero-order valence-corrected chi connectivity index (χ0v) is 15.5. The Bertz CT molecular complexity index is 825. The van der Waals surface area contributed by atoms with Crippen molar-refractivity contribution in [2.75, 3.05) is 5.32 Å². The topological polar surface area (TPSA) is 29.9 Å². The SMILES string of the molecule is Cn1c(-c2cccc(Br)c2)cnc1NCc1c(Cl)cccc1Cl. The molecule has 0 amide bonds. The van der Waals surface area contributed by atoms with Crippen LogP contribution in [0.3, 0.4) is 0 Å². The number of nitrogens with zero attached hydrogens (tertiary/aromatic N) is 2. The number of nitrogens with one attached hydrogen (secondary N) is 1.